The summed E-state index contributed by atoms with van der Waals surface area (Å²) in [6.07, 6.45) is 1.95. The normalized spacial score (nSPS) is 11.6. The Morgan fingerprint density at radius 3 is 3.05 bits per heavy atom. The molecule has 0 aliphatic heterocycles. The van der Waals surface area contributed by atoms with Gasteiger partial charge in [-0.05, 0) is 35.7 Å². The zero-order valence-corrected chi connectivity index (χ0v) is 11.6. The van der Waals surface area contributed by atoms with E-state index < -0.39 is 4.92 Å². The van der Waals surface area contributed by atoms with Crippen LogP contribution in [0.1, 0.15) is 18.1 Å². The maximum Gasteiger partial charge on any atom is 0.289 e. The molecule has 0 bridgehead atoms. The molecule has 0 aliphatic rings. The Hall–Kier alpha value is -2.46. The van der Waals surface area contributed by atoms with Crippen LogP contribution >= 0.6 is 11.3 Å². The average molecular weight is 288 g/mol. The number of nitro groups is 1. The molecule has 20 heavy (non-hydrogen) atoms. The predicted molar refractivity (Wildman–Crippen MR) is 76.7 cm³/mol. The lowest BCUT2D eigenvalue weighted by Crippen LogP contribution is -2.19. The number of anilines is 1. The first-order valence-electron chi connectivity index (χ1n) is 5.92. The summed E-state index contributed by atoms with van der Waals surface area (Å²) in [5, 5.41) is 26.9. The molecule has 2 aromatic heterocycles. The van der Waals surface area contributed by atoms with E-state index >= 15 is 0 Å². The summed E-state index contributed by atoms with van der Waals surface area (Å²) < 4.78 is 0. The third-order valence-corrected chi connectivity index (χ3v) is 3.44. The summed E-state index contributed by atoms with van der Waals surface area (Å²) >= 11 is 1.63. The number of nitriles is 1. The van der Waals surface area contributed by atoms with Crippen LogP contribution in [-0.2, 0) is 6.42 Å². The Morgan fingerprint density at radius 2 is 2.45 bits per heavy atom. The minimum Gasteiger partial charge on any atom is -0.366 e. The topological polar surface area (TPSA) is 91.8 Å². The maximum atomic E-state index is 10.7. The molecule has 2 heterocycles. The van der Waals surface area contributed by atoms with Crippen LogP contribution in [0, 0.1) is 21.4 Å². The maximum absolute atomic E-state index is 10.7. The van der Waals surface area contributed by atoms with Gasteiger partial charge in [0.1, 0.15) is 23.6 Å². The van der Waals surface area contributed by atoms with Crippen LogP contribution in [0.25, 0.3) is 0 Å². The summed E-state index contributed by atoms with van der Waals surface area (Å²) in [6, 6.07) is 5.27. The van der Waals surface area contributed by atoms with Crippen molar-refractivity contribution in [3.8, 4) is 6.07 Å². The molecule has 102 valence electrons. The van der Waals surface area contributed by atoms with Gasteiger partial charge in [0.25, 0.3) is 5.69 Å². The molecule has 0 saturated heterocycles. The second-order valence-corrected chi connectivity index (χ2v) is 5.12. The molecule has 6 nitrogen and oxygen atoms in total. The molecule has 7 heteroatoms. The zero-order chi connectivity index (χ0) is 14.5. The minimum absolute atomic E-state index is 0.0747. The number of hydrogen-bond acceptors (Lipinski definition) is 6. The molecule has 0 amide bonds. The fraction of sp³-hybridized carbons (Fsp3) is 0.231. The predicted octanol–water partition coefficient (Wildman–Crippen LogP) is 2.97. The van der Waals surface area contributed by atoms with Gasteiger partial charge in [0.15, 0.2) is 0 Å². The molecule has 1 atom stereocenters. The van der Waals surface area contributed by atoms with Crippen molar-refractivity contribution in [1.29, 1.82) is 5.26 Å². The lowest BCUT2D eigenvalue weighted by atomic mass is 10.1. The Morgan fingerprint density at radius 1 is 1.65 bits per heavy atom. The molecule has 0 saturated carbocycles. The second-order valence-electron chi connectivity index (χ2n) is 4.34. The number of aromatic nitrogens is 1. The summed E-state index contributed by atoms with van der Waals surface area (Å²) in [6.45, 7) is 1.97. The van der Waals surface area contributed by atoms with Gasteiger partial charge in [-0.15, -0.1) is 0 Å². The van der Waals surface area contributed by atoms with Crippen LogP contribution in [0.4, 0.5) is 11.5 Å². The van der Waals surface area contributed by atoms with E-state index in [4.69, 9.17) is 5.26 Å². The van der Waals surface area contributed by atoms with Crippen LogP contribution in [0.15, 0.2) is 29.1 Å². The number of pyridine rings is 1. The van der Waals surface area contributed by atoms with E-state index in [0.29, 0.717) is 5.82 Å². The molecule has 0 aromatic carbocycles. The number of nitrogens with one attached hydrogen (secondary N) is 1. The van der Waals surface area contributed by atoms with E-state index in [1.807, 2.05) is 24.4 Å². The lowest BCUT2D eigenvalue weighted by molar-refractivity contribution is -0.385. The van der Waals surface area contributed by atoms with E-state index in [0.717, 1.165) is 12.6 Å². The summed E-state index contributed by atoms with van der Waals surface area (Å²) in [5.74, 6) is 0.376. The molecular formula is C13H12N4O2S. The van der Waals surface area contributed by atoms with Crippen molar-refractivity contribution in [2.75, 3.05) is 5.32 Å². The van der Waals surface area contributed by atoms with E-state index in [1.165, 1.54) is 11.6 Å². The second kappa shape index (κ2) is 6.12. The van der Waals surface area contributed by atoms with Gasteiger partial charge in [0, 0.05) is 12.1 Å². The molecule has 2 aromatic rings. The summed E-state index contributed by atoms with van der Waals surface area (Å²) in [5.41, 5.74) is 1.20. The molecule has 0 radical (unpaired) electrons. The average Bonchev–Trinajstić information content (AvgIpc) is 2.91. The third kappa shape index (κ3) is 3.30. The highest BCUT2D eigenvalue weighted by atomic mass is 32.1. The van der Waals surface area contributed by atoms with Gasteiger partial charge in [0.05, 0.1) is 4.92 Å². The van der Waals surface area contributed by atoms with Crippen LogP contribution in [0.2, 0.25) is 0 Å². The van der Waals surface area contributed by atoms with Gasteiger partial charge < -0.3 is 5.32 Å². The van der Waals surface area contributed by atoms with Crippen LogP contribution in [0.3, 0.4) is 0 Å². The van der Waals surface area contributed by atoms with Crippen LogP contribution < -0.4 is 5.32 Å². The standard InChI is InChI=1S/C13H12N4O2S/c1-9(4-10-2-3-20-8-10)16-13-11(6-14)5-12(7-15-13)17(18)19/h2-3,5,7-9H,4H2,1H3,(H,15,16). The SMILES string of the molecule is CC(Cc1ccsc1)Nc1ncc([N+](=O)[O-])cc1C#N. The minimum atomic E-state index is -0.563. The van der Waals surface area contributed by atoms with Gasteiger partial charge >= 0.3 is 0 Å². The van der Waals surface area contributed by atoms with E-state index in [2.05, 4.69) is 15.7 Å². The van der Waals surface area contributed by atoms with E-state index in [1.54, 1.807) is 11.3 Å². The number of rotatable bonds is 5. The van der Waals surface area contributed by atoms with E-state index in [9.17, 15) is 10.1 Å². The van der Waals surface area contributed by atoms with Crippen molar-refractivity contribution < 1.29 is 4.92 Å². The highest BCUT2D eigenvalue weighted by molar-refractivity contribution is 7.07. The van der Waals surface area contributed by atoms with Gasteiger partial charge in [-0.2, -0.15) is 16.6 Å². The zero-order valence-electron chi connectivity index (χ0n) is 10.7. The van der Waals surface area contributed by atoms with Gasteiger partial charge in [0.2, 0.25) is 0 Å². The highest BCUT2D eigenvalue weighted by Gasteiger charge is 2.14. The van der Waals surface area contributed by atoms with E-state index in [-0.39, 0.29) is 17.3 Å². The van der Waals surface area contributed by atoms with Crippen molar-refractivity contribution in [2.45, 2.75) is 19.4 Å². The van der Waals surface area contributed by atoms with Gasteiger partial charge in [-0.1, -0.05) is 0 Å². The Labute approximate surface area is 119 Å². The van der Waals surface area contributed by atoms with Crippen molar-refractivity contribution >= 4 is 22.8 Å². The first-order chi connectivity index (χ1) is 9.60. The monoisotopic (exact) mass is 288 g/mol. The van der Waals surface area contributed by atoms with Crippen molar-refractivity contribution in [3.05, 3.63) is 50.3 Å². The molecular weight excluding hydrogens is 276 g/mol. The van der Waals surface area contributed by atoms with Crippen LogP contribution in [0.5, 0.6) is 0 Å². The molecule has 1 N–H and O–H groups in total. The van der Waals surface area contributed by atoms with Gasteiger partial charge in [-0.25, -0.2) is 4.98 Å². The Balaban J connectivity index is 2.12. The Bertz CT molecular complexity index is 649. The third-order valence-electron chi connectivity index (χ3n) is 2.71. The van der Waals surface area contributed by atoms with Crippen molar-refractivity contribution in [2.24, 2.45) is 0 Å². The molecule has 0 fully saturated rings. The number of hydrogen-bond donors (Lipinski definition) is 1. The fourth-order valence-corrected chi connectivity index (χ4v) is 2.48. The Kier molecular flexibility index (Phi) is 4.27. The molecule has 1 unspecified atom stereocenters. The quantitative estimate of drug-likeness (QED) is 0.674. The lowest BCUT2D eigenvalue weighted by Gasteiger charge is -2.14. The summed E-state index contributed by atoms with van der Waals surface area (Å²) in [7, 11) is 0. The highest BCUT2D eigenvalue weighted by Crippen LogP contribution is 2.19. The number of nitrogens with zero attached hydrogens (tertiary/aromatic N) is 3. The summed E-state index contributed by atoms with van der Waals surface area (Å²) in [4.78, 5) is 14.1. The molecule has 2 rings (SSSR count). The van der Waals surface area contributed by atoms with Crippen LogP contribution in [-0.4, -0.2) is 15.9 Å². The van der Waals surface area contributed by atoms with Crippen molar-refractivity contribution in [1.82, 2.24) is 4.98 Å². The first-order valence-corrected chi connectivity index (χ1v) is 6.86. The van der Waals surface area contributed by atoms with Crippen molar-refractivity contribution in [3.63, 3.8) is 0 Å². The smallest absolute Gasteiger partial charge is 0.289 e. The number of thiophene rings is 1. The molecule has 0 aliphatic carbocycles. The fourth-order valence-electron chi connectivity index (χ4n) is 1.80. The largest absolute Gasteiger partial charge is 0.366 e. The molecule has 0 spiro atoms. The van der Waals surface area contributed by atoms with Gasteiger partial charge in [-0.3, -0.25) is 10.1 Å². The first kappa shape index (κ1) is 14.0.